The van der Waals surface area contributed by atoms with Gasteiger partial charge in [0.2, 0.25) is 5.95 Å². The zero-order chi connectivity index (χ0) is 20.2. The van der Waals surface area contributed by atoms with Gasteiger partial charge in [0.15, 0.2) is 0 Å². The van der Waals surface area contributed by atoms with Gasteiger partial charge in [-0.3, -0.25) is 9.78 Å². The lowest BCUT2D eigenvalue weighted by Gasteiger charge is -2.28. The maximum Gasteiger partial charge on any atom is 0.269 e. The Labute approximate surface area is 168 Å². The van der Waals surface area contributed by atoms with Crippen LogP contribution in [0.5, 0.6) is 11.5 Å². The second-order valence-corrected chi connectivity index (χ2v) is 7.07. The van der Waals surface area contributed by atoms with E-state index in [4.69, 9.17) is 4.74 Å². The molecule has 0 bridgehead atoms. The van der Waals surface area contributed by atoms with Gasteiger partial charge in [0.05, 0.1) is 17.7 Å². The molecule has 2 aromatic heterocycles. The Bertz CT molecular complexity index is 1030. The van der Waals surface area contributed by atoms with Crippen molar-refractivity contribution in [2.24, 2.45) is 0 Å². The van der Waals surface area contributed by atoms with Gasteiger partial charge in [-0.05, 0) is 37.1 Å². The first-order valence-corrected chi connectivity index (χ1v) is 9.70. The number of carbonyl (C=O) groups is 1. The van der Waals surface area contributed by atoms with Crippen molar-refractivity contribution in [3.05, 3.63) is 48.4 Å². The lowest BCUT2D eigenvalue weighted by Crippen LogP contribution is -2.36. The highest BCUT2D eigenvalue weighted by atomic mass is 16.5. The smallest absolute Gasteiger partial charge is 0.269 e. The van der Waals surface area contributed by atoms with Gasteiger partial charge in [-0.1, -0.05) is 12.8 Å². The summed E-state index contributed by atoms with van der Waals surface area (Å²) in [6, 6.07) is 8.78. The highest BCUT2D eigenvalue weighted by molar-refractivity contribution is 5.92. The van der Waals surface area contributed by atoms with E-state index in [1.54, 1.807) is 25.4 Å². The quantitative estimate of drug-likeness (QED) is 0.611. The molecule has 1 aromatic carbocycles. The van der Waals surface area contributed by atoms with E-state index in [9.17, 15) is 9.90 Å². The molecule has 0 radical (unpaired) electrons. The number of rotatable bonds is 5. The fourth-order valence-corrected chi connectivity index (χ4v) is 3.45. The van der Waals surface area contributed by atoms with E-state index in [2.05, 4.69) is 25.6 Å². The molecule has 3 aromatic rings. The number of aromatic nitrogens is 3. The monoisotopic (exact) mass is 393 g/mol. The SMILES string of the molecule is CNC(=O)c1cc(Oc2ccc3nc(N[C@@H]4CCCC[C@H]4O)ncc3c2)ccn1. The number of benzene rings is 1. The molecule has 3 N–H and O–H groups in total. The van der Waals surface area contributed by atoms with Crippen molar-refractivity contribution < 1.29 is 14.6 Å². The van der Waals surface area contributed by atoms with Crippen LogP contribution in [0.1, 0.15) is 36.2 Å². The van der Waals surface area contributed by atoms with E-state index < -0.39 is 0 Å². The summed E-state index contributed by atoms with van der Waals surface area (Å²) in [4.78, 5) is 24.7. The van der Waals surface area contributed by atoms with Gasteiger partial charge in [-0.25, -0.2) is 9.97 Å². The molecule has 4 rings (SSSR count). The highest BCUT2D eigenvalue weighted by Gasteiger charge is 2.23. The van der Waals surface area contributed by atoms with Crippen LogP contribution in [0.4, 0.5) is 5.95 Å². The zero-order valence-corrected chi connectivity index (χ0v) is 16.1. The molecule has 8 nitrogen and oxygen atoms in total. The number of hydrogen-bond donors (Lipinski definition) is 3. The first kappa shape index (κ1) is 19.1. The second-order valence-electron chi connectivity index (χ2n) is 7.07. The Morgan fingerprint density at radius 1 is 1.14 bits per heavy atom. The average molecular weight is 393 g/mol. The standard InChI is InChI=1S/C21H23N5O3/c1-22-20(28)18-11-15(8-9-23-18)29-14-6-7-16-13(10-14)12-24-21(25-16)26-17-4-2-3-5-19(17)27/h6-12,17,19,27H,2-5H2,1H3,(H,22,28)(H,24,25,26)/t17-,19-/m1/s1. The number of aliphatic hydroxyl groups excluding tert-OH is 1. The number of anilines is 1. The normalized spacial score (nSPS) is 19.0. The number of pyridine rings is 1. The summed E-state index contributed by atoms with van der Waals surface area (Å²) in [6.07, 6.45) is 6.78. The summed E-state index contributed by atoms with van der Waals surface area (Å²) in [5, 5.41) is 16.7. The minimum atomic E-state index is -0.362. The molecule has 29 heavy (non-hydrogen) atoms. The predicted molar refractivity (Wildman–Crippen MR) is 109 cm³/mol. The van der Waals surface area contributed by atoms with Crippen molar-refractivity contribution in [1.82, 2.24) is 20.3 Å². The van der Waals surface area contributed by atoms with E-state index >= 15 is 0 Å². The number of nitrogens with one attached hydrogen (secondary N) is 2. The van der Waals surface area contributed by atoms with Gasteiger partial charge in [-0.15, -0.1) is 0 Å². The summed E-state index contributed by atoms with van der Waals surface area (Å²) in [5.41, 5.74) is 1.07. The van der Waals surface area contributed by atoms with E-state index in [0.717, 1.165) is 36.6 Å². The minimum absolute atomic E-state index is 0.00925. The van der Waals surface area contributed by atoms with Gasteiger partial charge in [0, 0.05) is 30.9 Å². The van der Waals surface area contributed by atoms with Crippen LogP contribution in [0.3, 0.4) is 0 Å². The summed E-state index contributed by atoms with van der Waals surface area (Å²) < 4.78 is 5.86. The molecular weight excluding hydrogens is 370 g/mol. The van der Waals surface area contributed by atoms with Crippen LogP contribution in [-0.2, 0) is 0 Å². The molecule has 1 saturated carbocycles. The molecule has 0 spiro atoms. The van der Waals surface area contributed by atoms with Crippen molar-refractivity contribution in [2.75, 3.05) is 12.4 Å². The molecule has 0 aliphatic heterocycles. The summed E-state index contributed by atoms with van der Waals surface area (Å²) in [6.45, 7) is 0. The van der Waals surface area contributed by atoms with Crippen molar-refractivity contribution in [1.29, 1.82) is 0 Å². The van der Waals surface area contributed by atoms with Crippen LogP contribution in [0.2, 0.25) is 0 Å². The van der Waals surface area contributed by atoms with Crippen LogP contribution in [0.15, 0.2) is 42.7 Å². The van der Waals surface area contributed by atoms with Crippen molar-refractivity contribution in [2.45, 2.75) is 37.8 Å². The third-order valence-corrected chi connectivity index (χ3v) is 5.02. The lowest BCUT2D eigenvalue weighted by atomic mass is 9.93. The third-order valence-electron chi connectivity index (χ3n) is 5.02. The van der Waals surface area contributed by atoms with E-state index in [-0.39, 0.29) is 23.7 Å². The Morgan fingerprint density at radius 2 is 1.97 bits per heavy atom. The minimum Gasteiger partial charge on any atom is -0.457 e. The first-order chi connectivity index (χ1) is 14.1. The van der Waals surface area contributed by atoms with Crippen LogP contribution in [0, 0.1) is 0 Å². The van der Waals surface area contributed by atoms with E-state index in [0.29, 0.717) is 17.4 Å². The topological polar surface area (TPSA) is 109 Å². The number of ether oxygens (including phenoxy) is 1. The van der Waals surface area contributed by atoms with Gasteiger partial charge in [0.25, 0.3) is 5.91 Å². The third kappa shape index (κ3) is 4.43. The van der Waals surface area contributed by atoms with Gasteiger partial charge in [0.1, 0.15) is 17.2 Å². The summed E-state index contributed by atoms with van der Waals surface area (Å²) in [5.74, 6) is 1.37. The molecule has 1 amide bonds. The van der Waals surface area contributed by atoms with Gasteiger partial charge in [-0.2, -0.15) is 0 Å². The number of hydrogen-bond acceptors (Lipinski definition) is 7. The number of fused-ring (bicyclic) bond motifs is 1. The lowest BCUT2D eigenvalue weighted by molar-refractivity contribution is 0.0957. The second kappa shape index (κ2) is 8.40. The molecule has 2 atom stereocenters. The van der Waals surface area contributed by atoms with Crippen LogP contribution in [0.25, 0.3) is 10.9 Å². The Balaban J connectivity index is 1.50. The Morgan fingerprint density at radius 3 is 2.79 bits per heavy atom. The van der Waals surface area contributed by atoms with Gasteiger partial charge >= 0.3 is 0 Å². The first-order valence-electron chi connectivity index (χ1n) is 9.70. The highest BCUT2D eigenvalue weighted by Crippen LogP contribution is 2.26. The van der Waals surface area contributed by atoms with Crippen molar-refractivity contribution in [3.8, 4) is 11.5 Å². The molecule has 0 unspecified atom stereocenters. The van der Waals surface area contributed by atoms with Gasteiger partial charge < -0.3 is 20.5 Å². The number of carbonyl (C=O) groups excluding carboxylic acids is 1. The predicted octanol–water partition coefficient (Wildman–Crippen LogP) is 2.89. The molecule has 1 aliphatic carbocycles. The molecule has 2 heterocycles. The Kier molecular flexibility index (Phi) is 5.53. The van der Waals surface area contributed by atoms with Crippen LogP contribution >= 0.6 is 0 Å². The van der Waals surface area contributed by atoms with E-state index in [1.165, 1.54) is 6.20 Å². The number of aliphatic hydroxyl groups is 1. The zero-order valence-electron chi connectivity index (χ0n) is 16.1. The molecule has 1 fully saturated rings. The fraction of sp³-hybridized carbons (Fsp3) is 0.333. The molecule has 150 valence electrons. The summed E-state index contributed by atoms with van der Waals surface area (Å²) >= 11 is 0. The van der Waals surface area contributed by atoms with Crippen LogP contribution in [-0.4, -0.2) is 45.2 Å². The van der Waals surface area contributed by atoms with E-state index in [1.807, 2.05) is 18.2 Å². The van der Waals surface area contributed by atoms with Crippen LogP contribution < -0.4 is 15.4 Å². The number of amides is 1. The average Bonchev–Trinajstić information content (AvgIpc) is 2.75. The Hall–Kier alpha value is -3.26. The molecule has 0 saturated heterocycles. The molecule has 1 aliphatic rings. The van der Waals surface area contributed by atoms with Crippen molar-refractivity contribution >= 4 is 22.8 Å². The number of nitrogens with zero attached hydrogens (tertiary/aromatic N) is 3. The maximum atomic E-state index is 11.7. The molecule has 8 heteroatoms. The molecular formula is C21H23N5O3. The maximum absolute atomic E-state index is 11.7. The van der Waals surface area contributed by atoms with Crippen molar-refractivity contribution in [3.63, 3.8) is 0 Å². The summed E-state index contributed by atoms with van der Waals surface area (Å²) in [7, 11) is 1.55. The fourth-order valence-electron chi connectivity index (χ4n) is 3.45. The largest absolute Gasteiger partial charge is 0.457 e.